The van der Waals surface area contributed by atoms with Crippen LogP contribution in [0.3, 0.4) is 0 Å². The number of nitrogens with zero attached hydrogens (tertiary/aromatic N) is 1. The number of pyridine rings is 1. The number of halogens is 1. The van der Waals surface area contributed by atoms with Crippen LogP contribution >= 0.6 is 0 Å². The number of aromatic nitrogens is 1. The molecule has 1 saturated carbocycles. The van der Waals surface area contributed by atoms with Crippen LogP contribution in [-0.4, -0.2) is 22.3 Å². The third kappa shape index (κ3) is 3.79. The minimum Gasteiger partial charge on any atom is -0.439 e. The lowest BCUT2D eigenvalue weighted by atomic mass is 9.97. The van der Waals surface area contributed by atoms with Crippen molar-refractivity contribution in [1.82, 2.24) is 10.3 Å². The molecule has 5 atom stereocenters. The van der Waals surface area contributed by atoms with Crippen LogP contribution in [0, 0.1) is 29.5 Å². The second kappa shape index (κ2) is 7.01. The van der Waals surface area contributed by atoms with Crippen molar-refractivity contribution >= 4 is 6.09 Å². The quantitative estimate of drug-likeness (QED) is 0.819. The molecule has 2 aliphatic rings. The summed E-state index contributed by atoms with van der Waals surface area (Å²) in [7, 11) is 0. The molecule has 3 unspecified atom stereocenters. The lowest BCUT2D eigenvalue weighted by molar-refractivity contribution is 0.132. The van der Waals surface area contributed by atoms with Crippen LogP contribution in [0.2, 0.25) is 0 Å². The van der Waals surface area contributed by atoms with E-state index in [0.717, 1.165) is 6.42 Å². The lowest BCUT2D eigenvalue weighted by Crippen LogP contribution is -2.20. The fraction of sp³-hybridized carbons (Fsp3) is 0.333. The van der Waals surface area contributed by atoms with Crippen LogP contribution in [0.1, 0.15) is 42.2 Å². The van der Waals surface area contributed by atoms with E-state index < -0.39 is 30.2 Å². The molecule has 1 aromatic heterocycles. The van der Waals surface area contributed by atoms with E-state index >= 15 is 0 Å². The third-order valence-corrected chi connectivity index (χ3v) is 5.05. The molecule has 2 heterocycles. The van der Waals surface area contributed by atoms with Crippen molar-refractivity contribution < 1.29 is 19.0 Å². The Labute approximate surface area is 156 Å². The summed E-state index contributed by atoms with van der Waals surface area (Å²) in [6.45, 7) is 2.09. The van der Waals surface area contributed by atoms with Gasteiger partial charge in [-0.05, 0) is 47.6 Å². The van der Waals surface area contributed by atoms with Gasteiger partial charge in [-0.3, -0.25) is 4.98 Å². The molecule has 4 rings (SSSR count). The van der Waals surface area contributed by atoms with Crippen LogP contribution in [0.5, 0.6) is 0 Å². The minimum absolute atomic E-state index is 0.244. The first-order chi connectivity index (χ1) is 13.0. The SMILES string of the molecule is CC1CC1C(O)C#Cc1cncc([C@H]2NC(=O)O[C@@H]2c2cccc(F)c2)c1. The number of carbonyl (C=O) groups excluding carboxylic acids is 1. The molecule has 27 heavy (non-hydrogen) atoms. The number of hydrogen-bond donors (Lipinski definition) is 2. The van der Waals surface area contributed by atoms with E-state index in [2.05, 4.69) is 29.1 Å². The number of cyclic esters (lactones) is 1. The fourth-order valence-electron chi connectivity index (χ4n) is 3.37. The molecule has 1 aliphatic carbocycles. The van der Waals surface area contributed by atoms with Crippen molar-refractivity contribution in [2.45, 2.75) is 31.6 Å². The zero-order valence-electron chi connectivity index (χ0n) is 14.7. The first kappa shape index (κ1) is 17.5. The minimum atomic E-state index is -0.656. The van der Waals surface area contributed by atoms with Gasteiger partial charge in [0.05, 0.1) is 0 Å². The average molecular weight is 366 g/mol. The molecule has 5 nitrogen and oxygen atoms in total. The lowest BCUT2D eigenvalue weighted by Gasteiger charge is -2.17. The molecule has 2 fully saturated rings. The van der Waals surface area contributed by atoms with Crippen molar-refractivity contribution in [3.63, 3.8) is 0 Å². The van der Waals surface area contributed by atoms with E-state index in [1.807, 2.05) is 0 Å². The highest BCUT2D eigenvalue weighted by atomic mass is 19.1. The molecule has 1 amide bonds. The average Bonchev–Trinajstić information content (AvgIpc) is 3.26. The van der Waals surface area contributed by atoms with Crippen LogP contribution in [-0.2, 0) is 4.74 Å². The Balaban J connectivity index is 1.58. The molecule has 2 aromatic rings. The van der Waals surface area contributed by atoms with Gasteiger partial charge in [-0.2, -0.15) is 0 Å². The summed E-state index contributed by atoms with van der Waals surface area (Å²) in [5.41, 5.74) is 1.91. The topological polar surface area (TPSA) is 71.5 Å². The van der Waals surface area contributed by atoms with Crippen LogP contribution in [0.25, 0.3) is 0 Å². The molecule has 0 bridgehead atoms. The van der Waals surface area contributed by atoms with Gasteiger partial charge in [-0.15, -0.1) is 0 Å². The first-order valence-electron chi connectivity index (χ1n) is 8.88. The van der Waals surface area contributed by atoms with Crippen molar-refractivity contribution in [2.24, 2.45) is 11.8 Å². The number of carbonyl (C=O) groups is 1. The van der Waals surface area contributed by atoms with E-state index in [1.165, 1.54) is 12.1 Å². The molecular formula is C21H19FN2O3. The summed E-state index contributed by atoms with van der Waals surface area (Å²) < 4.78 is 18.9. The molecular weight excluding hydrogens is 347 g/mol. The molecule has 0 radical (unpaired) electrons. The summed E-state index contributed by atoms with van der Waals surface area (Å²) in [4.78, 5) is 16.0. The number of amides is 1. The monoisotopic (exact) mass is 366 g/mol. The van der Waals surface area contributed by atoms with Crippen molar-refractivity contribution in [3.8, 4) is 11.8 Å². The van der Waals surface area contributed by atoms with Gasteiger partial charge in [0.1, 0.15) is 18.0 Å². The number of nitrogens with one attached hydrogen (secondary N) is 1. The second-order valence-corrected chi connectivity index (χ2v) is 7.10. The van der Waals surface area contributed by atoms with Gasteiger partial charge >= 0.3 is 6.09 Å². The van der Waals surface area contributed by atoms with Gasteiger partial charge in [-0.25, -0.2) is 9.18 Å². The van der Waals surface area contributed by atoms with Crippen molar-refractivity contribution in [2.75, 3.05) is 0 Å². The molecule has 1 saturated heterocycles. The van der Waals surface area contributed by atoms with Crippen LogP contribution in [0.15, 0.2) is 42.7 Å². The van der Waals surface area contributed by atoms with E-state index in [-0.39, 0.29) is 5.92 Å². The number of aliphatic hydroxyl groups is 1. The Morgan fingerprint density at radius 3 is 2.89 bits per heavy atom. The summed E-state index contributed by atoms with van der Waals surface area (Å²) >= 11 is 0. The Morgan fingerprint density at radius 2 is 2.15 bits per heavy atom. The number of benzene rings is 1. The van der Waals surface area contributed by atoms with Gasteiger partial charge < -0.3 is 15.2 Å². The zero-order chi connectivity index (χ0) is 19.0. The number of hydrogen-bond acceptors (Lipinski definition) is 4. The van der Waals surface area contributed by atoms with Gasteiger partial charge in [0.15, 0.2) is 6.10 Å². The maximum Gasteiger partial charge on any atom is 0.408 e. The Bertz CT molecular complexity index is 936. The maximum atomic E-state index is 13.6. The third-order valence-electron chi connectivity index (χ3n) is 5.05. The summed E-state index contributed by atoms with van der Waals surface area (Å²) in [5, 5.41) is 12.8. The van der Waals surface area contributed by atoms with Crippen LogP contribution < -0.4 is 5.32 Å². The van der Waals surface area contributed by atoms with Gasteiger partial charge in [0, 0.05) is 18.0 Å². The Kier molecular flexibility index (Phi) is 4.54. The summed E-state index contributed by atoms with van der Waals surface area (Å²) in [5.74, 6) is 6.18. The largest absolute Gasteiger partial charge is 0.439 e. The zero-order valence-corrected chi connectivity index (χ0v) is 14.7. The smallest absolute Gasteiger partial charge is 0.408 e. The van der Waals surface area contributed by atoms with Gasteiger partial charge in [0.2, 0.25) is 0 Å². The molecule has 1 aliphatic heterocycles. The number of ether oxygens (including phenoxy) is 1. The Morgan fingerprint density at radius 1 is 1.33 bits per heavy atom. The summed E-state index contributed by atoms with van der Waals surface area (Å²) in [6.07, 6.45) is 2.36. The van der Waals surface area contributed by atoms with E-state index in [1.54, 1.807) is 30.6 Å². The second-order valence-electron chi connectivity index (χ2n) is 7.10. The number of rotatable bonds is 3. The van der Waals surface area contributed by atoms with Gasteiger partial charge in [-0.1, -0.05) is 30.9 Å². The van der Waals surface area contributed by atoms with Crippen molar-refractivity contribution in [1.29, 1.82) is 0 Å². The number of alkyl carbamates (subject to hydrolysis) is 1. The molecule has 138 valence electrons. The molecule has 1 aromatic carbocycles. The summed E-state index contributed by atoms with van der Waals surface area (Å²) in [6, 6.07) is 7.28. The molecule has 6 heteroatoms. The molecule has 2 N–H and O–H groups in total. The van der Waals surface area contributed by atoms with E-state index in [0.29, 0.717) is 22.6 Å². The highest BCUT2D eigenvalue weighted by molar-refractivity contribution is 5.71. The fourth-order valence-corrected chi connectivity index (χ4v) is 3.37. The maximum absolute atomic E-state index is 13.6. The first-order valence-corrected chi connectivity index (χ1v) is 8.88. The predicted molar refractivity (Wildman–Crippen MR) is 95.9 cm³/mol. The van der Waals surface area contributed by atoms with Gasteiger partial charge in [0.25, 0.3) is 0 Å². The Hall–Kier alpha value is -2.91. The number of aliphatic hydroxyl groups excluding tert-OH is 1. The highest BCUT2D eigenvalue weighted by Gasteiger charge is 2.38. The highest BCUT2D eigenvalue weighted by Crippen LogP contribution is 2.40. The van der Waals surface area contributed by atoms with E-state index in [9.17, 15) is 14.3 Å². The van der Waals surface area contributed by atoms with Crippen molar-refractivity contribution in [3.05, 3.63) is 65.2 Å². The predicted octanol–water partition coefficient (Wildman–Crippen LogP) is 3.11. The normalized spacial score (nSPS) is 27.1. The molecule has 0 spiro atoms. The van der Waals surface area contributed by atoms with E-state index in [4.69, 9.17) is 4.74 Å². The standard InChI is InChI=1S/C21H19FN2O3/c1-12-7-17(12)18(25)6-5-13-8-15(11-23-10-13)19-20(27-21(26)24-19)14-3-2-4-16(22)9-14/h2-4,8-12,17-20,25H,7H2,1H3,(H,24,26)/t12?,17?,18?,19-,20-/m1/s1. The van der Waals surface area contributed by atoms with Crippen LogP contribution in [0.4, 0.5) is 9.18 Å².